The Kier molecular flexibility index (Phi) is 9.05. The van der Waals surface area contributed by atoms with Crippen LogP contribution in [-0.2, 0) is 0 Å². The number of rotatable bonds is 10. The minimum atomic E-state index is -0.378. The molecule has 1 N–H and O–H groups in total. The Labute approximate surface area is 120 Å². The number of nitriles is 1. The van der Waals surface area contributed by atoms with Crippen LogP contribution < -0.4 is 5.32 Å². The van der Waals surface area contributed by atoms with Crippen LogP contribution in [0.4, 0.5) is 0 Å². The van der Waals surface area contributed by atoms with E-state index in [-0.39, 0.29) is 5.54 Å². The van der Waals surface area contributed by atoms with Gasteiger partial charge < -0.3 is 10.2 Å². The first-order valence-corrected chi connectivity index (χ1v) is 7.76. The van der Waals surface area contributed by atoms with Gasteiger partial charge in [0.1, 0.15) is 5.54 Å². The summed E-state index contributed by atoms with van der Waals surface area (Å²) in [5.74, 6) is 0.701. The molecule has 0 aromatic carbocycles. The summed E-state index contributed by atoms with van der Waals surface area (Å²) in [6, 6.07) is 3.06. The average molecular weight is 267 g/mol. The van der Waals surface area contributed by atoms with Crippen LogP contribution in [0.3, 0.4) is 0 Å². The molecule has 0 aromatic heterocycles. The van der Waals surface area contributed by atoms with Crippen molar-refractivity contribution in [2.45, 2.75) is 71.9 Å². The molecule has 0 amide bonds. The Hall–Kier alpha value is -0.590. The smallest absolute Gasteiger partial charge is 0.103 e. The van der Waals surface area contributed by atoms with Gasteiger partial charge in [0, 0.05) is 12.6 Å². The zero-order chi connectivity index (χ0) is 14.9. The van der Waals surface area contributed by atoms with Crippen LogP contribution in [0.1, 0.15) is 60.3 Å². The van der Waals surface area contributed by atoms with Crippen molar-refractivity contribution in [2.75, 3.05) is 20.1 Å². The molecule has 0 spiro atoms. The lowest BCUT2D eigenvalue weighted by Gasteiger charge is -2.32. The molecule has 0 fully saturated rings. The summed E-state index contributed by atoms with van der Waals surface area (Å²) >= 11 is 0. The zero-order valence-electron chi connectivity index (χ0n) is 13.8. The first kappa shape index (κ1) is 18.4. The quantitative estimate of drug-likeness (QED) is 0.659. The van der Waals surface area contributed by atoms with Crippen LogP contribution in [0.25, 0.3) is 0 Å². The fourth-order valence-electron chi connectivity index (χ4n) is 2.57. The third kappa shape index (κ3) is 6.94. The summed E-state index contributed by atoms with van der Waals surface area (Å²) < 4.78 is 0. The van der Waals surface area contributed by atoms with E-state index in [0.717, 1.165) is 25.9 Å². The molecule has 112 valence electrons. The van der Waals surface area contributed by atoms with Crippen LogP contribution >= 0.6 is 0 Å². The maximum Gasteiger partial charge on any atom is 0.103 e. The fraction of sp³-hybridized carbons (Fsp3) is 0.938. The van der Waals surface area contributed by atoms with Crippen LogP contribution in [0, 0.1) is 17.2 Å². The van der Waals surface area contributed by atoms with Crippen LogP contribution in [0.5, 0.6) is 0 Å². The molecule has 0 radical (unpaired) electrons. The van der Waals surface area contributed by atoms with Gasteiger partial charge in [0.05, 0.1) is 6.07 Å². The van der Waals surface area contributed by atoms with E-state index in [1.54, 1.807) is 0 Å². The minimum Gasteiger partial charge on any atom is -0.303 e. The molecular formula is C16H33N3. The molecule has 1 atom stereocenters. The van der Waals surface area contributed by atoms with E-state index in [0.29, 0.717) is 12.0 Å². The summed E-state index contributed by atoms with van der Waals surface area (Å²) in [6.07, 6.45) is 4.42. The second kappa shape index (κ2) is 9.34. The van der Waals surface area contributed by atoms with Gasteiger partial charge in [0.15, 0.2) is 0 Å². The monoisotopic (exact) mass is 267 g/mol. The van der Waals surface area contributed by atoms with Crippen LogP contribution in [0.15, 0.2) is 0 Å². The third-order valence-corrected chi connectivity index (χ3v) is 3.98. The summed E-state index contributed by atoms with van der Waals surface area (Å²) in [6.45, 7) is 13.4. The molecular weight excluding hydrogens is 234 g/mol. The number of hydrogen-bond acceptors (Lipinski definition) is 3. The second-order valence-electron chi connectivity index (χ2n) is 6.16. The molecule has 3 nitrogen and oxygen atoms in total. The van der Waals surface area contributed by atoms with E-state index in [9.17, 15) is 5.26 Å². The van der Waals surface area contributed by atoms with Gasteiger partial charge in [0.25, 0.3) is 0 Å². The fourth-order valence-corrected chi connectivity index (χ4v) is 2.57. The zero-order valence-corrected chi connectivity index (χ0v) is 13.8. The largest absolute Gasteiger partial charge is 0.303 e. The predicted octanol–water partition coefficient (Wildman–Crippen LogP) is 3.41. The standard InChI is InChI=1S/C16H33N3/c1-7-15(8-2)19(12-14(3)4)11-9-10-16(5,13-17)18-6/h14-15,18H,7-12H2,1-6H3. The Morgan fingerprint density at radius 1 is 1.26 bits per heavy atom. The molecule has 0 aromatic rings. The highest BCUT2D eigenvalue weighted by Crippen LogP contribution is 2.16. The van der Waals surface area contributed by atoms with Crippen molar-refractivity contribution >= 4 is 0 Å². The Bertz CT molecular complexity index is 266. The Morgan fingerprint density at radius 2 is 1.84 bits per heavy atom. The molecule has 1 unspecified atom stereocenters. The summed E-state index contributed by atoms with van der Waals surface area (Å²) in [5.41, 5.74) is -0.378. The van der Waals surface area contributed by atoms with E-state index in [4.69, 9.17) is 0 Å². The molecule has 0 heterocycles. The summed E-state index contributed by atoms with van der Waals surface area (Å²) in [5, 5.41) is 12.3. The lowest BCUT2D eigenvalue weighted by Crippen LogP contribution is -2.41. The normalized spacial score (nSPS) is 14.9. The average Bonchev–Trinajstić information content (AvgIpc) is 2.39. The highest BCUT2D eigenvalue weighted by Gasteiger charge is 2.22. The molecule has 19 heavy (non-hydrogen) atoms. The molecule has 0 rings (SSSR count). The van der Waals surface area contributed by atoms with Crippen molar-refractivity contribution in [3.05, 3.63) is 0 Å². The van der Waals surface area contributed by atoms with Gasteiger partial charge in [-0.05, 0) is 52.1 Å². The predicted molar refractivity (Wildman–Crippen MR) is 83.1 cm³/mol. The molecule has 0 bridgehead atoms. The molecule has 0 aliphatic carbocycles. The highest BCUT2D eigenvalue weighted by atomic mass is 15.2. The van der Waals surface area contributed by atoms with E-state index in [2.05, 4.69) is 44.0 Å². The van der Waals surface area contributed by atoms with E-state index < -0.39 is 0 Å². The molecule has 0 aliphatic rings. The number of hydrogen-bond donors (Lipinski definition) is 1. The van der Waals surface area contributed by atoms with Crippen molar-refractivity contribution < 1.29 is 0 Å². The SMILES string of the molecule is CCC(CC)N(CCCC(C)(C#N)NC)CC(C)C. The van der Waals surface area contributed by atoms with Gasteiger partial charge in [-0.1, -0.05) is 27.7 Å². The number of nitrogens with zero attached hydrogens (tertiary/aromatic N) is 2. The van der Waals surface area contributed by atoms with Gasteiger partial charge in [0.2, 0.25) is 0 Å². The number of nitrogens with one attached hydrogen (secondary N) is 1. The van der Waals surface area contributed by atoms with E-state index in [1.165, 1.54) is 12.8 Å². The third-order valence-electron chi connectivity index (χ3n) is 3.98. The van der Waals surface area contributed by atoms with Gasteiger partial charge >= 0.3 is 0 Å². The first-order chi connectivity index (χ1) is 8.92. The molecule has 3 heteroatoms. The summed E-state index contributed by atoms with van der Waals surface area (Å²) in [7, 11) is 1.87. The Balaban J connectivity index is 4.38. The maximum atomic E-state index is 9.17. The van der Waals surface area contributed by atoms with Crippen molar-refractivity contribution in [1.82, 2.24) is 10.2 Å². The lowest BCUT2D eigenvalue weighted by molar-refractivity contribution is 0.159. The van der Waals surface area contributed by atoms with Crippen LogP contribution in [-0.4, -0.2) is 36.6 Å². The topological polar surface area (TPSA) is 39.1 Å². The second-order valence-corrected chi connectivity index (χ2v) is 6.16. The molecule has 0 saturated heterocycles. The Morgan fingerprint density at radius 3 is 2.21 bits per heavy atom. The van der Waals surface area contributed by atoms with Gasteiger partial charge in [-0.3, -0.25) is 0 Å². The highest BCUT2D eigenvalue weighted by molar-refractivity contribution is 5.02. The molecule has 0 saturated carbocycles. The van der Waals surface area contributed by atoms with Gasteiger partial charge in [-0.15, -0.1) is 0 Å². The van der Waals surface area contributed by atoms with Gasteiger partial charge in [-0.2, -0.15) is 5.26 Å². The van der Waals surface area contributed by atoms with E-state index in [1.807, 2.05) is 14.0 Å². The first-order valence-electron chi connectivity index (χ1n) is 7.76. The van der Waals surface area contributed by atoms with Crippen molar-refractivity contribution in [3.63, 3.8) is 0 Å². The molecule has 0 aliphatic heterocycles. The van der Waals surface area contributed by atoms with Gasteiger partial charge in [-0.25, -0.2) is 0 Å². The summed E-state index contributed by atoms with van der Waals surface area (Å²) in [4.78, 5) is 2.61. The maximum absolute atomic E-state index is 9.17. The van der Waals surface area contributed by atoms with Crippen molar-refractivity contribution in [2.24, 2.45) is 5.92 Å². The lowest BCUT2D eigenvalue weighted by atomic mass is 9.97. The van der Waals surface area contributed by atoms with Crippen molar-refractivity contribution in [1.29, 1.82) is 5.26 Å². The minimum absolute atomic E-state index is 0.378. The van der Waals surface area contributed by atoms with Crippen LogP contribution in [0.2, 0.25) is 0 Å². The van der Waals surface area contributed by atoms with E-state index >= 15 is 0 Å². The van der Waals surface area contributed by atoms with Crippen molar-refractivity contribution in [3.8, 4) is 6.07 Å².